The lowest BCUT2D eigenvalue weighted by atomic mass is 10.2. The van der Waals surface area contributed by atoms with E-state index in [0.29, 0.717) is 11.4 Å². The molecule has 10 nitrogen and oxygen atoms in total. The summed E-state index contributed by atoms with van der Waals surface area (Å²) in [4.78, 5) is 24.4. The zero-order valence-electron chi connectivity index (χ0n) is 14.4. The normalized spacial score (nSPS) is 11.0. The van der Waals surface area contributed by atoms with Crippen LogP contribution in [0.3, 0.4) is 0 Å². The molecule has 142 valence electrons. The van der Waals surface area contributed by atoms with Gasteiger partial charge < -0.3 is 5.32 Å². The second-order valence-electron chi connectivity index (χ2n) is 5.60. The van der Waals surface area contributed by atoms with Crippen molar-refractivity contribution in [3.8, 4) is 12.0 Å². The van der Waals surface area contributed by atoms with Crippen LogP contribution in [-0.2, 0) is 16.4 Å². The summed E-state index contributed by atoms with van der Waals surface area (Å²) in [5, 5.41) is 15.5. The number of amides is 1. The number of hydrogen-bond acceptors (Lipinski definition) is 8. The van der Waals surface area contributed by atoms with Crippen LogP contribution in [0.5, 0.6) is 0 Å². The molecule has 0 aliphatic carbocycles. The minimum atomic E-state index is -3.52. The first-order chi connectivity index (χ1) is 13.3. The van der Waals surface area contributed by atoms with E-state index >= 15 is 0 Å². The minimum absolute atomic E-state index is 0.0249. The van der Waals surface area contributed by atoms with Crippen molar-refractivity contribution in [1.82, 2.24) is 30.0 Å². The standard InChI is InChI=1S/C16H12ClN7O3S/c1-28(26,27)13-3-11(2-12(17)4-13)15(25)19-8-14-22-9-23-24(14)16-20-6-10(5-18)7-21-16/h2-4,6-7,9H,8H2,1H3,(H,19,25). The molecular formula is C16H12ClN7O3S. The third-order valence-corrected chi connectivity index (χ3v) is 4.85. The highest BCUT2D eigenvalue weighted by Gasteiger charge is 2.15. The maximum atomic E-state index is 12.4. The van der Waals surface area contributed by atoms with Gasteiger partial charge in [-0.1, -0.05) is 11.6 Å². The topological polar surface area (TPSA) is 144 Å². The van der Waals surface area contributed by atoms with Crippen LogP contribution in [0.25, 0.3) is 5.95 Å². The summed E-state index contributed by atoms with van der Waals surface area (Å²) in [6.45, 7) is -0.0249. The number of benzene rings is 1. The van der Waals surface area contributed by atoms with Crippen LogP contribution >= 0.6 is 11.6 Å². The Balaban J connectivity index is 1.79. The van der Waals surface area contributed by atoms with Crippen molar-refractivity contribution in [2.75, 3.05) is 6.26 Å². The van der Waals surface area contributed by atoms with Crippen molar-refractivity contribution in [3.05, 3.63) is 58.9 Å². The van der Waals surface area contributed by atoms with Crippen LogP contribution in [0.15, 0.2) is 41.8 Å². The van der Waals surface area contributed by atoms with Crippen molar-refractivity contribution in [2.45, 2.75) is 11.4 Å². The van der Waals surface area contributed by atoms with Gasteiger partial charge >= 0.3 is 0 Å². The van der Waals surface area contributed by atoms with Crippen molar-refractivity contribution in [3.63, 3.8) is 0 Å². The minimum Gasteiger partial charge on any atom is -0.345 e. The predicted octanol–water partition coefficient (Wildman–Crippen LogP) is 0.916. The molecule has 12 heteroatoms. The average molecular weight is 418 g/mol. The van der Waals surface area contributed by atoms with Crippen molar-refractivity contribution in [2.24, 2.45) is 0 Å². The molecule has 0 fully saturated rings. The molecular weight excluding hydrogens is 406 g/mol. The van der Waals surface area contributed by atoms with Gasteiger partial charge in [0.2, 0.25) is 0 Å². The SMILES string of the molecule is CS(=O)(=O)c1cc(Cl)cc(C(=O)NCc2ncnn2-c2ncc(C#N)cn2)c1. The highest BCUT2D eigenvalue weighted by atomic mass is 35.5. The van der Waals surface area contributed by atoms with Crippen LogP contribution in [0.4, 0.5) is 0 Å². The number of nitrogens with zero attached hydrogens (tertiary/aromatic N) is 6. The van der Waals surface area contributed by atoms with Crippen LogP contribution in [0, 0.1) is 11.3 Å². The summed E-state index contributed by atoms with van der Waals surface area (Å²) in [7, 11) is -3.52. The molecule has 3 rings (SSSR count). The molecule has 0 saturated carbocycles. The lowest BCUT2D eigenvalue weighted by Gasteiger charge is -2.08. The number of carbonyl (C=O) groups is 1. The quantitative estimate of drug-likeness (QED) is 0.645. The highest BCUT2D eigenvalue weighted by Crippen LogP contribution is 2.19. The van der Waals surface area contributed by atoms with Gasteiger partial charge in [-0.3, -0.25) is 4.79 Å². The Morgan fingerprint density at radius 3 is 2.61 bits per heavy atom. The van der Waals surface area contributed by atoms with Gasteiger partial charge in [-0.2, -0.15) is 15.0 Å². The third kappa shape index (κ3) is 4.30. The highest BCUT2D eigenvalue weighted by molar-refractivity contribution is 7.90. The molecule has 2 heterocycles. The summed E-state index contributed by atoms with van der Waals surface area (Å²) in [5.74, 6) is -0.0195. The summed E-state index contributed by atoms with van der Waals surface area (Å²) >= 11 is 5.92. The molecule has 0 saturated heterocycles. The van der Waals surface area contributed by atoms with Gasteiger partial charge in [-0.15, -0.1) is 0 Å². The first-order valence-corrected chi connectivity index (χ1v) is 9.95. The first kappa shape index (κ1) is 19.4. The molecule has 0 radical (unpaired) electrons. The average Bonchev–Trinajstić information content (AvgIpc) is 3.13. The predicted molar refractivity (Wildman–Crippen MR) is 97.4 cm³/mol. The molecule has 1 aromatic carbocycles. The fraction of sp³-hybridized carbons (Fsp3) is 0.125. The van der Waals surface area contributed by atoms with Crippen molar-refractivity contribution in [1.29, 1.82) is 5.26 Å². The Kier molecular flexibility index (Phi) is 5.34. The fourth-order valence-electron chi connectivity index (χ4n) is 2.21. The van der Waals surface area contributed by atoms with Crippen molar-refractivity contribution < 1.29 is 13.2 Å². The summed E-state index contributed by atoms with van der Waals surface area (Å²) in [5.41, 5.74) is 0.384. The Labute approximate surface area is 164 Å². The zero-order valence-corrected chi connectivity index (χ0v) is 15.9. The molecule has 0 aliphatic heterocycles. The smallest absolute Gasteiger partial charge is 0.252 e. The summed E-state index contributed by atoms with van der Waals surface area (Å²) < 4.78 is 24.7. The van der Waals surface area contributed by atoms with E-state index in [1.54, 1.807) is 0 Å². The van der Waals surface area contributed by atoms with E-state index < -0.39 is 15.7 Å². The molecule has 0 atom stereocenters. The number of halogens is 1. The maximum absolute atomic E-state index is 12.4. The second kappa shape index (κ2) is 7.71. The van der Waals surface area contributed by atoms with Crippen LogP contribution < -0.4 is 5.32 Å². The molecule has 0 bridgehead atoms. The number of sulfone groups is 1. The van der Waals surface area contributed by atoms with E-state index in [9.17, 15) is 13.2 Å². The van der Waals surface area contributed by atoms with Gasteiger partial charge in [-0.05, 0) is 18.2 Å². The van der Waals surface area contributed by atoms with E-state index in [0.717, 1.165) is 6.26 Å². The Morgan fingerprint density at radius 1 is 1.25 bits per heavy atom. The number of carbonyl (C=O) groups excluding carboxylic acids is 1. The molecule has 1 N–H and O–H groups in total. The Hall–Kier alpha value is -3.36. The largest absolute Gasteiger partial charge is 0.345 e. The lowest BCUT2D eigenvalue weighted by molar-refractivity contribution is 0.0949. The van der Waals surface area contributed by atoms with E-state index in [4.69, 9.17) is 16.9 Å². The lowest BCUT2D eigenvalue weighted by Crippen LogP contribution is -2.25. The molecule has 1 amide bonds. The van der Waals surface area contributed by atoms with Crippen LogP contribution in [0.2, 0.25) is 5.02 Å². The van der Waals surface area contributed by atoms with E-state index in [1.165, 1.54) is 41.6 Å². The molecule has 28 heavy (non-hydrogen) atoms. The van der Waals surface area contributed by atoms with Gasteiger partial charge in [0.05, 0.1) is 29.4 Å². The number of rotatable bonds is 5. The van der Waals surface area contributed by atoms with Gasteiger partial charge in [-0.25, -0.2) is 23.4 Å². The molecule has 0 aliphatic rings. The monoisotopic (exact) mass is 417 g/mol. The van der Waals surface area contributed by atoms with E-state index in [2.05, 4.69) is 25.4 Å². The van der Waals surface area contributed by atoms with Gasteiger partial charge in [0.15, 0.2) is 15.7 Å². The maximum Gasteiger partial charge on any atom is 0.252 e. The summed E-state index contributed by atoms with van der Waals surface area (Å²) in [6.07, 6.45) is 4.97. The van der Waals surface area contributed by atoms with Crippen LogP contribution in [-0.4, -0.2) is 45.3 Å². The van der Waals surface area contributed by atoms with Gasteiger partial charge in [0, 0.05) is 16.8 Å². The molecule has 3 aromatic rings. The number of hydrogen-bond donors (Lipinski definition) is 1. The number of nitrogens with one attached hydrogen (secondary N) is 1. The molecule has 2 aromatic heterocycles. The molecule has 0 spiro atoms. The van der Waals surface area contributed by atoms with Gasteiger partial charge in [0.1, 0.15) is 12.4 Å². The van der Waals surface area contributed by atoms with Crippen molar-refractivity contribution >= 4 is 27.3 Å². The number of nitriles is 1. The van der Waals surface area contributed by atoms with E-state index in [1.807, 2.05) is 6.07 Å². The fourth-order valence-corrected chi connectivity index (χ4v) is 3.19. The van der Waals surface area contributed by atoms with Gasteiger partial charge in [0.25, 0.3) is 11.9 Å². The first-order valence-electron chi connectivity index (χ1n) is 7.68. The van der Waals surface area contributed by atoms with E-state index in [-0.39, 0.29) is 28.0 Å². The zero-order chi connectivity index (χ0) is 20.3. The molecule has 0 unspecified atom stereocenters. The van der Waals surface area contributed by atoms with Crippen LogP contribution in [0.1, 0.15) is 21.7 Å². The number of aromatic nitrogens is 5. The summed E-state index contributed by atoms with van der Waals surface area (Å²) in [6, 6.07) is 5.78. The second-order valence-corrected chi connectivity index (χ2v) is 8.05. The Bertz CT molecular complexity index is 1180. The Morgan fingerprint density at radius 2 is 1.96 bits per heavy atom. The third-order valence-electron chi connectivity index (χ3n) is 3.54.